The highest BCUT2D eigenvalue weighted by atomic mass is 16.6. The van der Waals surface area contributed by atoms with E-state index in [1.54, 1.807) is 6.92 Å². The smallest absolute Gasteiger partial charge is 0.352 e. The van der Waals surface area contributed by atoms with Gasteiger partial charge in [0.15, 0.2) is 6.10 Å². The van der Waals surface area contributed by atoms with Crippen molar-refractivity contribution in [2.24, 2.45) is 0 Å². The van der Waals surface area contributed by atoms with E-state index in [2.05, 4.69) is 4.74 Å². The van der Waals surface area contributed by atoms with Gasteiger partial charge in [0.1, 0.15) is 11.5 Å². The first-order valence-electron chi connectivity index (χ1n) is 7.52. The van der Waals surface area contributed by atoms with E-state index in [0.717, 1.165) is 12.2 Å². The topological polar surface area (TPSA) is 99.1 Å². The number of hydrogen-bond donors (Lipinski definition) is 1. The van der Waals surface area contributed by atoms with Crippen molar-refractivity contribution in [1.29, 1.82) is 0 Å². The number of benzene rings is 1. The molecule has 1 N–H and O–H groups in total. The molecular formula is C17H20O7. The van der Waals surface area contributed by atoms with Crippen molar-refractivity contribution in [3.05, 3.63) is 36.4 Å². The number of carbonyl (C=O) groups is 3. The lowest BCUT2D eigenvalue weighted by Gasteiger charge is -2.15. The van der Waals surface area contributed by atoms with E-state index in [1.807, 2.05) is 6.92 Å². The lowest BCUT2D eigenvalue weighted by Crippen LogP contribution is -2.30. The third-order valence-electron chi connectivity index (χ3n) is 2.77. The first kappa shape index (κ1) is 19.2. The lowest BCUT2D eigenvalue weighted by atomic mass is 10.2. The summed E-state index contributed by atoms with van der Waals surface area (Å²) in [4.78, 5) is 34.9. The summed E-state index contributed by atoms with van der Waals surface area (Å²) in [7, 11) is 0. The van der Waals surface area contributed by atoms with E-state index in [0.29, 0.717) is 6.42 Å². The number of carbonyl (C=O) groups excluding carboxylic acids is 3. The van der Waals surface area contributed by atoms with Crippen LogP contribution in [-0.2, 0) is 23.9 Å². The van der Waals surface area contributed by atoms with E-state index in [4.69, 9.17) is 9.47 Å². The highest BCUT2D eigenvalue weighted by molar-refractivity contribution is 5.92. The molecule has 0 aliphatic carbocycles. The van der Waals surface area contributed by atoms with E-state index in [-0.39, 0.29) is 24.5 Å². The monoisotopic (exact) mass is 336 g/mol. The summed E-state index contributed by atoms with van der Waals surface area (Å²) >= 11 is 0. The van der Waals surface area contributed by atoms with Gasteiger partial charge in [-0.2, -0.15) is 0 Å². The zero-order valence-electron chi connectivity index (χ0n) is 13.6. The van der Waals surface area contributed by atoms with Crippen molar-refractivity contribution < 1.29 is 33.7 Å². The van der Waals surface area contributed by atoms with Crippen LogP contribution in [0.4, 0.5) is 0 Å². The molecule has 0 saturated carbocycles. The Morgan fingerprint density at radius 1 is 1.08 bits per heavy atom. The number of aromatic hydroxyl groups is 1. The second kappa shape index (κ2) is 10.0. The minimum Gasteiger partial charge on any atom is -0.508 e. The Hall–Kier alpha value is -2.83. The van der Waals surface area contributed by atoms with E-state index in [1.165, 1.54) is 24.3 Å². The summed E-state index contributed by atoms with van der Waals surface area (Å²) in [6.45, 7) is 3.65. The van der Waals surface area contributed by atoms with E-state index < -0.39 is 24.0 Å². The Morgan fingerprint density at radius 3 is 2.29 bits per heavy atom. The molecule has 0 aromatic heterocycles. The van der Waals surface area contributed by atoms with Gasteiger partial charge in [0.05, 0.1) is 6.61 Å². The van der Waals surface area contributed by atoms with Crippen molar-refractivity contribution in [1.82, 2.24) is 0 Å². The molecule has 0 heterocycles. The Labute approximate surface area is 139 Å². The van der Waals surface area contributed by atoms with Crippen molar-refractivity contribution in [3.63, 3.8) is 0 Å². The van der Waals surface area contributed by atoms with Gasteiger partial charge in [-0.25, -0.2) is 14.4 Å². The van der Waals surface area contributed by atoms with Crippen molar-refractivity contribution in [2.75, 3.05) is 6.61 Å². The van der Waals surface area contributed by atoms with Crippen molar-refractivity contribution in [3.8, 4) is 11.5 Å². The molecule has 1 aromatic carbocycles. The average Bonchev–Trinajstić information content (AvgIpc) is 2.55. The number of ether oxygens (including phenoxy) is 3. The second-order valence-electron chi connectivity index (χ2n) is 4.71. The molecule has 0 aliphatic rings. The Bertz CT molecular complexity index is 589. The predicted octanol–water partition coefficient (Wildman–Crippen LogP) is 2.13. The normalized spacial score (nSPS) is 11.8. The highest BCUT2D eigenvalue weighted by Crippen LogP contribution is 2.17. The molecule has 0 fully saturated rings. The molecule has 1 atom stereocenters. The van der Waals surface area contributed by atoms with Crippen molar-refractivity contribution >= 4 is 17.9 Å². The maximum atomic E-state index is 12.1. The van der Waals surface area contributed by atoms with E-state index in [9.17, 15) is 19.5 Å². The van der Waals surface area contributed by atoms with Crippen LogP contribution in [-0.4, -0.2) is 35.7 Å². The molecule has 1 rings (SSSR count). The first-order chi connectivity index (χ1) is 11.5. The highest BCUT2D eigenvalue weighted by Gasteiger charge is 2.23. The molecule has 0 spiro atoms. The van der Waals surface area contributed by atoms with Gasteiger partial charge in [-0.15, -0.1) is 0 Å². The molecule has 7 heteroatoms. The maximum absolute atomic E-state index is 12.1. The third-order valence-corrected chi connectivity index (χ3v) is 2.77. The number of rotatable bonds is 8. The largest absolute Gasteiger partial charge is 0.508 e. The number of phenolic OH excluding ortho intramolecular Hbond substituents is 1. The lowest BCUT2D eigenvalue weighted by molar-refractivity contribution is -0.159. The maximum Gasteiger partial charge on any atom is 0.352 e. The second-order valence-corrected chi connectivity index (χ2v) is 4.71. The molecule has 1 unspecified atom stereocenters. The zero-order chi connectivity index (χ0) is 17.9. The summed E-state index contributed by atoms with van der Waals surface area (Å²) < 4.78 is 14.8. The van der Waals surface area contributed by atoms with Gasteiger partial charge in [-0.3, -0.25) is 0 Å². The summed E-state index contributed by atoms with van der Waals surface area (Å²) in [5.41, 5.74) is 0. The third kappa shape index (κ3) is 6.95. The number of phenols is 1. The van der Waals surface area contributed by atoms with Crippen LogP contribution in [0.3, 0.4) is 0 Å². The van der Waals surface area contributed by atoms with Crippen LogP contribution in [0, 0.1) is 0 Å². The Kier molecular flexibility index (Phi) is 8.04. The van der Waals surface area contributed by atoms with Gasteiger partial charge >= 0.3 is 17.9 Å². The number of esters is 3. The van der Waals surface area contributed by atoms with E-state index >= 15 is 0 Å². The molecule has 0 aliphatic heterocycles. The Morgan fingerprint density at radius 2 is 1.71 bits per heavy atom. The van der Waals surface area contributed by atoms with Gasteiger partial charge in [-0.05, 0) is 37.6 Å². The minimum absolute atomic E-state index is 0.0374. The van der Waals surface area contributed by atoms with Gasteiger partial charge < -0.3 is 19.3 Å². The molecule has 1 aromatic rings. The fraction of sp³-hybridized carbons (Fsp3) is 0.353. The van der Waals surface area contributed by atoms with Gasteiger partial charge in [0, 0.05) is 12.2 Å². The fourth-order valence-electron chi connectivity index (χ4n) is 1.69. The zero-order valence-corrected chi connectivity index (χ0v) is 13.6. The standard InChI is InChI=1S/C17H20O7/c1-3-5-14(24-16(20)11-10-15(19)22-4-2)17(21)23-13-8-6-12(18)7-9-13/h6-11,14,18H,3-5H2,1-2H3/b11-10+. The number of hydrogen-bond acceptors (Lipinski definition) is 7. The summed E-state index contributed by atoms with van der Waals surface area (Å²) in [6, 6.07) is 5.56. The molecular weight excluding hydrogens is 316 g/mol. The van der Waals surface area contributed by atoms with Crippen LogP contribution in [0.2, 0.25) is 0 Å². The van der Waals surface area contributed by atoms with Gasteiger partial charge in [0.2, 0.25) is 0 Å². The van der Waals surface area contributed by atoms with Crippen LogP contribution in [0.15, 0.2) is 36.4 Å². The molecule has 130 valence electrons. The van der Waals surface area contributed by atoms with Crippen LogP contribution in [0.5, 0.6) is 11.5 Å². The summed E-state index contributed by atoms with van der Waals surface area (Å²) in [5, 5.41) is 9.19. The molecule has 0 amide bonds. The summed E-state index contributed by atoms with van der Waals surface area (Å²) in [5.74, 6) is -2.00. The van der Waals surface area contributed by atoms with Crippen LogP contribution in [0.25, 0.3) is 0 Å². The van der Waals surface area contributed by atoms with Crippen LogP contribution >= 0.6 is 0 Å². The average molecular weight is 336 g/mol. The Balaban J connectivity index is 2.64. The van der Waals surface area contributed by atoms with Gasteiger partial charge in [0.25, 0.3) is 0 Å². The molecule has 0 bridgehead atoms. The summed E-state index contributed by atoms with van der Waals surface area (Å²) in [6.07, 6.45) is 1.59. The first-order valence-corrected chi connectivity index (χ1v) is 7.52. The van der Waals surface area contributed by atoms with Crippen LogP contribution in [0.1, 0.15) is 26.7 Å². The molecule has 0 saturated heterocycles. The molecule has 7 nitrogen and oxygen atoms in total. The fourth-order valence-corrected chi connectivity index (χ4v) is 1.69. The van der Waals surface area contributed by atoms with Crippen LogP contribution < -0.4 is 4.74 Å². The minimum atomic E-state index is -1.09. The molecule has 0 radical (unpaired) electrons. The quantitative estimate of drug-likeness (QED) is 0.441. The predicted molar refractivity (Wildman–Crippen MR) is 84.3 cm³/mol. The SMILES string of the molecule is CCCC(OC(=O)/C=C/C(=O)OCC)C(=O)Oc1ccc(O)cc1. The van der Waals surface area contributed by atoms with Gasteiger partial charge in [-0.1, -0.05) is 13.3 Å². The van der Waals surface area contributed by atoms with Crippen molar-refractivity contribution in [2.45, 2.75) is 32.8 Å². The molecule has 24 heavy (non-hydrogen) atoms.